The summed E-state index contributed by atoms with van der Waals surface area (Å²) in [6.45, 7) is 3.55. The predicted octanol–water partition coefficient (Wildman–Crippen LogP) is 3.00. The molecule has 0 spiro atoms. The van der Waals surface area contributed by atoms with Gasteiger partial charge in [0.05, 0.1) is 4.92 Å². The number of rotatable bonds is 8. The van der Waals surface area contributed by atoms with Crippen molar-refractivity contribution in [3.63, 3.8) is 0 Å². The SMILES string of the molecule is CC(CNC(=O)c1cc(OCC(F)(F)F)ccc1[N+](=O)[O-])CN1CCCC1. The Hall–Kier alpha value is -2.36. The van der Waals surface area contributed by atoms with Crippen LogP contribution in [-0.4, -0.2) is 54.7 Å². The van der Waals surface area contributed by atoms with Gasteiger partial charge in [0.1, 0.15) is 11.3 Å². The first-order chi connectivity index (χ1) is 12.7. The number of nitrogens with one attached hydrogen (secondary N) is 1. The fourth-order valence-corrected chi connectivity index (χ4v) is 2.94. The number of carbonyl (C=O) groups excluding carboxylic acids is 1. The van der Waals surface area contributed by atoms with Crippen LogP contribution in [0.3, 0.4) is 0 Å². The highest BCUT2D eigenvalue weighted by Gasteiger charge is 2.29. The third-order valence-corrected chi connectivity index (χ3v) is 4.19. The number of nitro benzene ring substituents is 1. The van der Waals surface area contributed by atoms with Crippen molar-refractivity contribution in [1.29, 1.82) is 0 Å². The molecule has 0 aliphatic carbocycles. The van der Waals surface area contributed by atoms with E-state index in [9.17, 15) is 28.1 Å². The van der Waals surface area contributed by atoms with E-state index >= 15 is 0 Å². The maximum Gasteiger partial charge on any atom is 0.422 e. The minimum atomic E-state index is -4.55. The van der Waals surface area contributed by atoms with E-state index in [2.05, 4.69) is 15.0 Å². The molecular weight excluding hydrogens is 367 g/mol. The average Bonchev–Trinajstić information content (AvgIpc) is 3.09. The van der Waals surface area contributed by atoms with Gasteiger partial charge in [0.15, 0.2) is 6.61 Å². The van der Waals surface area contributed by atoms with Gasteiger partial charge in [-0.3, -0.25) is 14.9 Å². The van der Waals surface area contributed by atoms with E-state index in [1.165, 1.54) is 0 Å². The molecule has 0 saturated carbocycles. The number of nitro groups is 1. The van der Waals surface area contributed by atoms with Crippen molar-refractivity contribution in [2.24, 2.45) is 5.92 Å². The van der Waals surface area contributed by atoms with Gasteiger partial charge in [0, 0.05) is 19.2 Å². The normalized spacial score (nSPS) is 16.1. The Morgan fingerprint density at radius 1 is 1.37 bits per heavy atom. The monoisotopic (exact) mass is 389 g/mol. The molecular formula is C17H22F3N3O4. The largest absolute Gasteiger partial charge is 0.484 e. The summed E-state index contributed by atoms with van der Waals surface area (Å²) >= 11 is 0. The molecule has 1 aliphatic rings. The fourth-order valence-electron chi connectivity index (χ4n) is 2.94. The van der Waals surface area contributed by atoms with Gasteiger partial charge in [0.2, 0.25) is 0 Å². The molecule has 1 fully saturated rings. The summed E-state index contributed by atoms with van der Waals surface area (Å²) in [7, 11) is 0. The van der Waals surface area contributed by atoms with Gasteiger partial charge in [-0.05, 0) is 44.0 Å². The molecule has 0 bridgehead atoms. The first kappa shape index (κ1) is 20.9. The van der Waals surface area contributed by atoms with Gasteiger partial charge in [-0.15, -0.1) is 0 Å². The maximum atomic E-state index is 12.4. The van der Waals surface area contributed by atoms with Crippen molar-refractivity contribution in [2.45, 2.75) is 25.9 Å². The number of halogens is 3. The molecule has 150 valence electrons. The van der Waals surface area contributed by atoms with Crippen molar-refractivity contribution in [3.8, 4) is 5.75 Å². The van der Waals surface area contributed by atoms with E-state index in [1.54, 1.807) is 0 Å². The minimum absolute atomic E-state index is 0.135. The van der Waals surface area contributed by atoms with Crippen LogP contribution in [0.25, 0.3) is 0 Å². The Balaban J connectivity index is 2.01. The summed E-state index contributed by atoms with van der Waals surface area (Å²) < 4.78 is 41.4. The second-order valence-corrected chi connectivity index (χ2v) is 6.66. The standard InChI is InChI=1S/C17H22F3N3O4/c1-12(10-22-6-2-3-7-22)9-21-16(24)14-8-13(27-11-17(18,19)20)4-5-15(14)23(25)26/h4-5,8,12H,2-3,6-7,9-11H2,1H3,(H,21,24). The van der Waals surface area contributed by atoms with E-state index in [1.807, 2.05) is 6.92 Å². The van der Waals surface area contributed by atoms with Gasteiger partial charge in [-0.25, -0.2) is 0 Å². The Morgan fingerprint density at radius 3 is 2.63 bits per heavy atom. The van der Waals surface area contributed by atoms with E-state index in [0.717, 1.165) is 50.7 Å². The summed E-state index contributed by atoms with van der Waals surface area (Å²) in [5.74, 6) is -0.837. The van der Waals surface area contributed by atoms with Crippen LogP contribution in [0.1, 0.15) is 30.1 Å². The lowest BCUT2D eigenvalue weighted by atomic mass is 10.1. The van der Waals surface area contributed by atoms with Gasteiger partial charge in [-0.2, -0.15) is 13.2 Å². The van der Waals surface area contributed by atoms with E-state index in [0.29, 0.717) is 6.54 Å². The van der Waals surface area contributed by atoms with Crippen LogP contribution in [0.2, 0.25) is 0 Å². The quantitative estimate of drug-likeness (QED) is 0.546. The molecule has 1 atom stereocenters. The smallest absolute Gasteiger partial charge is 0.422 e. The molecule has 1 amide bonds. The van der Waals surface area contributed by atoms with Crippen molar-refractivity contribution in [1.82, 2.24) is 10.2 Å². The average molecular weight is 389 g/mol. The van der Waals surface area contributed by atoms with E-state index in [4.69, 9.17) is 0 Å². The number of amides is 1. The first-order valence-corrected chi connectivity index (χ1v) is 8.64. The second kappa shape index (κ2) is 9.03. The number of hydrogen-bond donors (Lipinski definition) is 1. The van der Waals surface area contributed by atoms with E-state index in [-0.39, 0.29) is 17.2 Å². The van der Waals surface area contributed by atoms with Gasteiger partial charge in [-0.1, -0.05) is 6.92 Å². The molecule has 1 saturated heterocycles. The molecule has 1 unspecified atom stereocenters. The first-order valence-electron chi connectivity index (χ1n) is 8.64. The lowest BCUT2D eigenvalue weighted by molar-refractivity contribution is -0.385. The molecule has 10 heteroatoms. The topological polar surface area (TPSA) is 84.7 Å². The zero-order valence-corrected chi connectivity index (χ0v) is 14.9. The molecule has 7 nitrogen and oxygen atoms in total. The highest BCUT2D eigenvalue weighted by Crippen LogP contribution is 2.26. The molecule has 1 heterocycles. The number of benzene rings is 1. The van der Waals surface area contributed by atoms with Gasteiger partial charge in [0.25, 0.3) is 11.6 Å². The van der Waals surface area contributed by atoms with Crippen molar-refractivity contribution >= 4 is 11.6 Å². The Labute approximate surface area is 154 Å². The molecule has 1 aromatic rings. The number of hydrogen-bond acceptors (Lipinski definition) is 5. The Morgan fingerprint density at radius 2 is 2.04 bits per heavy atom. The molecule has 1 N–H and O–H groups in total. The zero-order chi connectivity index (χ0) is 20.0. The second-order valence-electron chi connectivity index (χ2n) is 6.66. The van der Waals surface area contributed by atoms with Crippen LogP contribution in [0.5, 0.6) is 5.75 Å². The van der Waals surface area contributed by atoms with Crippen LogP contribution in [0.4, 0.5) is 18.9 Å². The molecule has 2 rings (SSSR count). The van der Waals surface area contributed by atoms with Crippen LogP contribution >= 0.6 is 0 Å². The van der Waals surface area contributed by atoms with Crippen molar-refractivity contribution in [3.05, 3.63) is 33.9 Å². The van der Waals surface area contributed by atoms with Crippen molar-refractivity contribution in [2.75, 3.05) is 32.8 Å². The summed E-state index contributed by atoms with van der Waals surface area (Å²) in [6, 6.07) is 2.97. The summed E-state index contributed by atoms with van der Waals surface area (Å²) in [5, 5.41) is 13.7. The molecule has 0 radical (unpaired) electrons. The summed E-state index contributed by atoms with van der Waals surface area (Å²) in [6.07, 6.45) is -2.25. The third kappa shape index (κ3) is 6.70. The number of likely N-dealkylation sites (tertiary alicyclic amines) is 1. The van der Waals surface area contributed by atoms with Crippen LogP contribution in [0, 0.1) is 16.0 Å². The van der Waals surface area contributed by atoms with Crippen LogP contribution < -0.4 is 10.1 Å². The number of carbonyl (C=O) groups is 1. The predicted molar refractivity (Wildman–Crippen MR) is 91.8 cm³/mol. The zero-order valence-electron chi connectivity index (χ0n) is 14.9. The Bertz CT molecular complexity index is 676. The number of alkyl halides is 3. The molecule has 27 heavy (non-hydrogen) atoms. The van der Waals surface area contributed by atoms with Crippen molar-refractivity contribution < 1.29 is 27.6 Å². The highest BCUT2D eigenvalue weighted by atomic mass is 19.4. The molecule has 1 aromatic carbocycles. The van der Waals surface area contributed by atoms with Crippen LogP contribution in [0.15, 0.2) is 18.2 Å². The summed E-state index contributed by atoms with van der Waals surface area (Å²) in [5.41, 5.74) is -0.813. The van der Waals surface area contributed by atoms with Gasteiger partial charge >= 0.3 is 6.18 Å². The lowest BCUT2D eigenvalue weighted by Gasteiger charge is -2.20. The minimum Gasteiger partial charge on any atom is -0.484 e. The fraction of sp³-hybridized carbons (Fsp3) is 0.588. The Kier molecular flexibility index (Phi) is 7.00. The number of nitrogens with zero attached hydrogens (tertiary/aromatic N) is 2. The number of ether oxygens (including phenoxy) is 1. The van der Waals surface area contributed by atoms with Crippen LogP contribution in [-0.2, 0) is 0 Å². The maximum absolute atomic E-state index is 12.4. The van der Waals surface area contributed by atoms with Gasteiger partial charge < -0.3 is 15.0 Å². The molecule has 1 aliphatic heterocycles. The molecule has 0 aromatic heterocycles. The summed E-state index contributed by atoms with van der Waals surface area (Å²) in [4.78, 5) is 25.0. The third-order valence-electron chi connectivity index (χ3n) is 4.19. The highest BCUT2D eigenvalue weighted by molar-refractivity contribution is 5.98. The lowest BCUT2D eigenvalue weighted by Crippen LogP contribution is -2.34. The van der Waals surface area contributed by atoms with E-state index < -0.39 is 29.3 Å².